The lowest BCUT2D eigenvalue weighted by Crippen LogP contribution is -2.53. The molecule has 0 aromatic heterocycles. The van der Waals surface area contributed by atoms with Crippen LogP contribution in [0.4, 0.5) is 14.9 Å². The Balaban J connectivity index is 2.78. The van der Waals surface area contributed by atoms with Crippen LogP contribution in [-0.2, 0) is 4.79 Å². The summed E-state index contributed by atoms with van der Waals surface area (Å²) in [5.41, 5.74) is -0.918. The van der Waals surface area contributed by atoms with Crippen LogP contribution in [0, 0.1) is 9.39 Å². The van der Waals surface area contributed by atoms with Gasteiger partial charge in [-0.15, -0.1) is 0 Å². The Morgan fingerprint density at radius 2 is 2.11 bits per heavy atom. The van der Waals surface area contributed by atoms with Gasteiger partial charge in [-0.05, 0) is 54.1 Å². The summed E-state index contributed by atoms with van der Waals surface area (Å²) in [4.78, 5) is 22.8. The highest BCUT2D eigenvalue weighted by molar-refractivity contribution is 14.1. The number of benzene rings is 1. The van der Waals surface area contributed by atoms with Crippen LogP contribution in [0.2, 0.25) is 0 Å². The molecule has 7 heteroatoms. The Kier molecular flexibility index (Phi) is 5.10. The maximum atomic E-state index is 12.9. The molecule has 0 fully saturated rings. The molecule has 0 bridgehead atoms. The number of anilines is 1. The van der Waals surface area contributed by atoms with Gasteiger partial charge in [0.05, 0.1) is 5.69 Å². The molecule has 19 heavy (non-hydrogen) atoms. The van der Waals surface area contributed by atoms with Gasteiger partial charge in [0, 0.05) is 3.57 Å². The fourth-order valence-corrected chi connectivity index (χ4v) is 1.90. The number of carbonyl (C=O) groups is 2. The average Bonchev–Trinajstić information content (AvgIpc) is 2.32. The molecule has 0 radical (unpaired) electrons. The van der Waals surface area contributed by atoms with Crippen molar-refractivity contribution >= 4 is 40.3 Å². The zero-order valence-electron chi connectivity index (χ0n) is 10.5. The van der Waals surface area contributed by atoms with E-state index in [9.17, 15) is 14.0 Å². The lowest BCUT2D eigenvalue weighted by molar-refractivity contribution is -0.143. The number of hydrogen-bond donors (Lipinski definition) is 3. The Morgan fingerprint density at radius 3 is 2.58 bits per heavy atom. The van der Waals surface area contributed by atoms with Crippen LogP contribution < -0.4 is 10.6 Å². The summed E-state index contributed by atoms with van der Waals surface area (Å²) in [7, 11) is 0. The smallest absolute Gasteiger partial charge is 0.329 e. The van der Waals surface area contributed by atoms with Crippen LogP contribution in [0.25, 0.3) is 0 Å². The van der Waals surface area contributed by atoms with Crippen molar-refractivity contribution in [3.8, 4) is 0 Å². The number of rotatable bonds is 4. The maximum Gasteiger partial charge on any atom is 0.329 e. The minimum atomic E-state index is -1.34. The monoisotopic (exact) mass is 380 g/mol. The van der Waals surface area contributed by atoms with Crippen molar-refractivity contribution in [2.45, 2.75) is 25.8 Å². The predicted octanol–water partition coefficient (Wildman–Crippen LogP) is 2.81. The third kappa shape index (κ3) is 4.05. The molecule has 1 rings (SSSR count). The predicted molar refractivity (Wildman–Crippen MR) is 77.6 cm³/mol. The number of aliphatic carboxylic acids is 1. The van der Waals surface area contributed by atoms with Crippen molar-refractivity contribution in [2.75, 3.05) is 5.32 Å². The minimum absolute atomic E-state index is 0.246. The molecule has 1 aromatic carbocycles. The number of nitrogens with one attached hydrogen (secondary N) is 2. The topological polar surface area (TPSA) is 78.4 Å². The van der Waals surface area contributed by atoms with Gasteiger partial charge in [0.1, 0.15) is 11.4 Å². The van der Waals surface area contributed by atoms with Crippen molar-refractivity contribution in [3.05, 3.63) is 27.6 Å². The molecule has 0 heterocycles. The van der Waals surface area contributed by atoms with Gasteiger partial charge in [-0.2, -0.15) is 0 Å². The fourth-order valence-electron chi connectivity index (χ4n) is 1.29. The van der Waals surface area contributed by atoms with Crippen LogP contribution in [0.3, 0.4) is 0 Å². The first kappa shape index (κ1) is 15.7. The molecule has 1 aromatic rings. The van der Waals surface area contributed by atoms with E-state index in [-0.39, 0.29) is 6.42 Å². The summed E-state index contributed by atoms with van der Waals surface area (Å²) in [6.45, 7) is 3.08. The van der Waals surface area contributed by atoms with Gasteiger partial charge in [0.15, 0.2) is 0 Å². The number of carbonyl (C=O) groups excluding carboxylic acids is 1. The standard InChI is InChI=1S/C12H14FIN2O3/c1-3-12(2,10(17)18)16-11(19)15-9-5-4-7(13)6-8(9)14/h4-6H,3H2,1-2H3,(H,17,18)(H2,15,16,19). The molecule has 1 atom stereocenters. The summed E-state index contributed by atoms with van der Waals surface area (Å²) >= 11 is 1.88. The van der Waals surface area contributed by atoms with Crippen molar-refractivity contribution in [1.82, 2.24) is 5.32 Å². The van der Waals surface area contributed by atoms with Crippen LogP contribution in [-0.4, -0.2) is 22.6 Å². The largest absolute Gasteiger partial charge is 0.480 e. The van der Waals surface area contributed by atoms with Gasteiger partial charge in [0.2, 0.25) is 0 Å². The fraction of sp³-hybridized carbons (Fsp3) is 0.333. The molecule has 1 unspecified atom stereocenters. The van der Waals surface area contributed by atoms with Gasteiger partial charge >= 0.3 is 12.0 Å². The van der Waals surface area contributed by atoms with E-state index in [1.807, 2.05) is 22.6 Å². The molecule has 0 saturated carbocycles. The first-order valence-corrected chi connectivity index (χ1v) is 6.64. The molecule has 3 N–H and O–H groups in total. The molecule has 0 spiro atoms. The first-order chi connectivity index (χ1) is 8.78. The van der Waals surface area contributed by atoms with Crippen LogP contribution in [0.1, 0.15) is 20.3 Å². The second kappa shape index (κ2) is 6.18. The zero-order chi connectivity index (χ0) is 14.6. The number of carboxylic acid groups (broad SMARTS) is 1. The van der Waals surface area contributed by atoms with E-state index in [4.69, 9.17) is 5.11 Å². The average molecular weight is 380 g/mol. The minimum Gasteiger partial charge on any atom is -0.480 e. The number of halogens is 2. The van der Waals surface area contributed by atoms with Crippen molar-refractivity contribution in [1.29, 1.82) is 0 Å². The zero-order valence-corrected chi connectivity index (χ0v) is 12.6. The Morgan fingerprint density at radius 1 is 1.47 bits per heavy atom. The lowest BCUT2D eigenvalue weighted by Gasteiger charge is -2.24. The molecule has 5 nitrogen and oxygen atoms in total. The normalized spacial score (nSPS) is 13.5. The summed E-state index contributed by atoms with van der Waals surface area (Å²) < 4.78 is 13.4. The van der Waals surface area contributed by atoms with Crippen molar-refractivity contribution in [3.63, 3.8) is 0 Å². The number of hydrogen-bond acceptors (Lipinski definition) is 2. The Bertz CT molecular complexity index is 510. The third-order valence-electron chi connectivity index (χ3n) is 2.75. The molecular weight excluding hydrogens is 366 g/mol. The van der Waals surface area contributed by atoms with Crippen LogP contribution in [0.5, 0.6) is 0 Å². The maximum absolute atomic E-state index is 12.9. The molecule has 0 aliphatic rings. The van der Waals surface area contributed by atoms with E-state index in [1.54, 1.807) is 6.92 Å². The highest BCUT2D eigenvalue weighted by Crippen LogP contribution is 2.19. The Labute approximate surface area is 123 Å². The van der Waals surface area contributed by atoms with Crippen molar-refractivity contribution < 1.29 is 19.1 Å². The number of urea groups is 1. The van der Waals surface area contributed by atoms with Gasteiger partial charge in [-0.25, -0.2) is 14.0 Å². The molecule has 2 amide bonds. The highest BCUT2D eigenvalue weighted by atomic mass is 127. The van der Waals surface area contributed by atoms with Gasteiger partial charge < -0.3 is 15.7 Å². The molecule has 104 valence electrons. The SMILES string of the molecule is CCC(C)(NC(=O)Nc1ccc(F)cc1I)C(=O)O. The molecule has 0 aliphatic heterocycles. The van der Waals surface area contributed by atoms with Crippen LogP contribution >= 0.6 is 22.6 Å². The van der Waals surface area contributed by atoms with E-state index in [1.165, 1.54) is 25.1 Å². The molecule has 0 saturated heterocycles. The van der Waals surface area contributed by atoms with Gasteiger partial charge in [-0.3, -0.25) is 0 Å². The van der Waals surface area contributed by atoms with Crippen LogP contribution in [0.15, 0.2) is 18.2 Å². The van der Waals surface area contributed by atoms with E-state index in [0.29, 0.717) is 9.26 Å². The second-order valence-electron chi connectivity index (χ2n) is 4.19. The highest BCUT2D eigenvalue weighted by Gasteiger charge is 2.32. The van der Waals surface area contributed by atoms with Gasteiger partial charge in [-0.1, -0.05) is 6.92 Å². The van der Waals surface area contributed by atoms with E-state index < -0.39 is 23.4 Å². The van der Waals surface area contributed by atoms with E-state index >= 15 is 0 Å². The third-order valence-corrected chi connectivity index (χ3v) is 3.64. The van der Waals surface area contributed by atoms with E-state index in [0.717, 1.165) is 0 Å². The van der Waals surface area contributed by atoms with Crippen molar-refractivity contribution in [2.24, 2.45) is 0 Å². The summed E-state index contributed by atoms with van der Waals surface area (Å²) in [5, 5.41) is 13.9. The summed E-state index contributed by atoms with van der Waals surface area (Å²) in [6.07, 6.45) is 0.246. The number of carboxylic acids is 1. The van der Waals surface area contributed by atoms with Gasteiger partial charge in [0.25, 0.3) is 0 Å². The second-order valence-corrected chi connectivity index (χ2v) is 5.36. The first-order valence-electron chi connectivity index (χ1n) is 5.56. The Hall–Kier alpha value is -1.38. The van der Waals surface area contributed by atoms with E-state index in [2.05, 4.69) is 10.6 Å². The number of amides is 2. The molecular formula is C12H14FIN2O3. The lowest BCUT2D eigenvalue weighted by atomic mass is 10.00. The quantitative estimate of drug-likeness (QED) is 0.703. The summed E-state index contributed by atoms with van der Waals surface area (Å²) in [5.74, 6) is -1.52. The molecule has 0 aliphatic carbocycles. The summed E-state index contributed by atoms with van der Waals surface area (Å²) in [6, 6.07) is 3.26.